The third-order valence-corrected chi connectivity index (χ3v) is 2.53. The second kappa shape index (κ2) is 7.14. The molecule has 0 heterocycles. The number of hydrogen-bond acceptors (Lipinski definition) is 1. The van der Waals surface area contributed by atoms with Crippen molar-refractivity contribution >= 4 is 0 Å². The van der Waals surface area contributed by atoms with Crippen molar-refractivity contribution < 1.29 is 0 Å². The van der Waals surface area contributed by atoms with Crippen LogP contribution in [0.4, 0.5) is 0 Å². The fourth-order valence-electron chi connectivity index (χ4n) is 1.89. The van der Waals surface area contributed by atoms with E-state index in [4.69, 9.17) is 0 Å². The van der Waals surface area contributed by atoms with Gasteiger partial charge in [0.2, 0.25) is 0 Å². The van der Waals surface area contributed by atoms with Gasteiger partial charge in [-0.3, -0.25) is 0 Å². The van der Waals surface area contributed by atoms with Crippen LogP contribution in [-0.2, 0) is 0 Å². The lowest BCUT2D eigenvalue weighted by Gasteiger charge is -2.29. The second-order valence-electron chi connectivity index (χ2n) is 3.82. The Morgan fingerprint density at radius 1 is 1.23 bits per heavy atom. The van der Waals surface area contributed by atoms with Gasteiger partial charge in [-0.15, -0.1) is 6.58 Å². The van der Waals surface area contributed by atoms with Crippen molar-refractivity contribution in [2.24, 2.45) is 0 Å². The predicted molar refractivity (Wildman–Crippen MR) is 61.0 cm³/mol. The van der Waals surface area contributed by atoms with Gasteiger partial charge in [-0.25, -0.2) is 0 Å². The Bertz CT molecular complexity index is 136. The van der Waals surface area contributed by atoms with Crippen molar-refractivity contribution in [3.63, 3.8) is 0 Å². The summed E-state index contributed by atoms with van der Waals surface area (Å²) >= 11 is 0. The quantitative estimate of drug-likeness (QED) is 0.546. The molecule has 1 heteroatoms. The van der Waals surface area contributed by atoms with E-state index < -0.39 is 0 Å². The lowest BCUT2D eigenvalue weighted by atomic mass is 10.0. The summed E-state index contributed by atoms with van der Waals surface area (Å²) in [7, 11) is 0. The van der Waals surface area contributed by atoms with E-state index in [1.807, 2.05) is 0 Å². The van der Waals surface area contributed by atoms with Gasteiger partial charge in [0.1, 0.15) is 0 Å². The summed E-state index contributed by atoms with van der Waals surface area (Å²) in [6.45, 7) is 15.2. The van der Waals surface area contributed by atoms with E-state index in [0.717, 1.165) is 25.6 Å². The lowest BCUT2D eigenvalue weighted by molar-refractivity contribution is 0.203. The van der Waals surface area contributed by atoms with Gasteiger partial charge in [-0.05, 0) is 32.9 Å². The van der Waals surface area contributed by atoms with Gasteiger partial charge in [0, 0.05) is 6.04 Å². The highest BCUT2D eigenvalue weighted by molar-refractivity contribution is 4.93. The van der Waals surface area contributed by atoms with Crippen LogP contribution in [0.3, 0.4) is 0 Å². The smallest absolute Gasteiger partial charge is 0.0132 e. The Labute approximate surface area is 83.8 Å². The first kappa shape index (κ1) is 12.7. The third-order valence-electron chi connectivity index (χ3n) is 2.53. The monoisotopic (exact) mass is 183 g/mol. The molecule has 0 spiro atoms. The lowest BCUT2D eigenvalue weighted by Crippen LogP contribution is -2.35. The van der Waals surface area contributed by atoms with Gasteiger partial charge in [0.05, 0.1) is 0 Å². The third kappa shape index (κ3) is 5.09. The summed E-state index contributed by atoms with van der Waals surface area (Å²) in [6.07, 6.45) is 3.73. The molecule has 0 radical (unpaired) electrons. The van der Waals surface area contributed by atoms with Crippen LogP contribution in [0.1, 0.15) is 47.0 Å². The van der Waals surface area contributed by atoms with Crippen LogP contribution in [0.15, 0.2) is 12.2 Å². The Balaban J connectivity index is 4.11. The van der Waals surface area contributed by atoms with Crippen LogP contribution < -0.4 is 0 Å². The molecule has 1 unspecified atom stereocenters. The molecule has 0 fully saturated rings. The largest absolute Gasteiger partial charge is 0.301 e. The average molecular weight is 183 g/mol. The summed E-state index contributed by atoms with van der Waals surface area (Å²) in [4.78, 5) is 2.54. The molecule has 0 aliphatic carbocycles. The summed E-state index contributed by atoms with van der Waals surface area (Å²) in [5.41, 5.74) is 1.31. The SMILES string of the molecule is C=C(C)CC(CCC)N(CC)CC. The predicted octanol–water partition coefficient (Wildman–Crippen LogP) is 3.46. The Morgan fingerprint density at radius 3 is 2.08 bits per heavy atom. The molecule has 0 saturated carbocycles. The maximum atomic E-state index is 4.00. The Morgan fingerprint density at radius 2 is 1.77 bits per heavy atom. The van der Waals surface area contributed by atoms with Crippen molar-refractivity contribution in [2.75, 3.05) is 13.1 Å². The normalized spacial score (nSPS) is 13.3. The molecular formula is C12H25N. The van der Waals surface area contributed by atoms with Crippen LogP contribution in [0.2, 0.25) is 0 Å². The summed E-state index contributed by atoms with van der Waals surface area (Å²) in [5, 5.41) is 0. The molecule has 0 aromatic heterocycles. The maximum Gasteiger partial charge on any atom is 0.0132 e. The zero-order valence-electron chi connectivity index (χ0n) is 9.77. The van der Waals surface area contributed by atoms with Crippen molar-refractivity contribution in [1.82, 2.24) is 4.90 Å². The topological polar surface area (TPSA) is 3.24 Å². The molecule has 1 atom stereocenters. The van der Waals surface area contributed by atoms with Crippen molar-refractivity contribution in [2.45, 2.75) is 53.0 Å². The molecule has 0 bridgehead atoms. The van der Waals surface area contributed by atoms with E-state index in [9.17, 15) is 0 Å². The van der Waals surface area contributed by atoms with Gasteiger partial charge in [0.25, 0.3) is 0 Å². The van der Waals surface area contributed by atoms with Gasteiger partial charge in [-0.1, -0.05) is 32.8 Å². The Hall–Kier alpha value is -0.300. The average Bonchev–Trinajstić information content (AvgIpc) is 2.05. The molecule has 0 aromatic rings. The molecule has 0 rings (SSSR count). The van der Waals surface area contributed by atoms with Crippen LogP contribution in [0, 0.1) is 0 Å². The molecule has 0 amide bonds. The minimum absolute atomic E-state index is 0.720. The molecule has 0 aromatic carbocycles. The Kier molecular flexibility index (Phi) is 6.97. The fourth-order valence-corrected chi connectivity index (χ4v) is 1.89. The molecule has 1 nitrogen and oxygen atoms in total. The fraction of sp³-hybridized carbons (Fsp3) is 0.833. The highest BCUT2D eigenvalue weighted by atomic mass is 15.1. The summed E-state index contributed by atoms with van der Waals surface area (Å²) < 4.78 is 0. The van der Waals surface area contributed by atoms with Gasteiger partial charge >= 0.3 is 0 Å². The summed E-state index contributed by atoms with van der Waals surface area (Å²) in [5.74, 6) is 0. The van der Waals surface area contributed by atoms with Crippen molar-refractivity contribution in [3.8, 4) is 0 Å². The van der Waals surface area contributed by atoms with Crippen LogP contribution in [0.25, 0.3) is 0 Å². The zero-order valence-corrected chi connectivity index (χ0v) is 9.77. The van der Waals surface area contributed by atoms with E-state index in [2.05, 4.69) is 39.2 Å². The molecule has 0 N–H and O–H groups in total. The van der Waals surface area contributed by atoms with E-state index >= 15 is 0 Å². The van der Waals surface area contributed by atoms with Crippen LogP contribution in [0.5, 0.6) is 0 Å². The standard InChI is InChI=1S/C12H25N/c1-6-9-12(10-11(4)5)13(7-2)8-3/h12H,4,6-10H2,1-3,5H3. The van der Waals surface area contributed by atoms with Crippen molar-refractivity contribution in [1.29, 1.82) is 0 Å². The molecule has 0 saturated heterocycles. The molecule has 0 aliphatic rings. The minimum atomic E-state index is 0.720. The number of nitrogens with zero attached hydrogens (tertiary/aromatic N) is 1. The van der Waals surface area contributed by atoms with E-state index in [1.165, 1.54) is 18.4 Å². The number of hydrogen-bond donors (Lipinski definition) is 0. The molecule has 0 aliphatic heterocycles. The maximum absolute atomic E-state index is 4.00. The van der Waals surface area contributed by atoms with Crippen LogP contribution in [-0.4, -0.2) is 24.0 Å². The first-order chi connectivity index (χ1) is 6.15. The number of rotatable bonds is 7. The summed E-state index contributed by atoms with van der Waals surface area (Å²) in [6, 6.07) is 0.720. The molecule has 78 valence electrons. The second-order valence-corrected chi connectivity index (χ2v) is 3.82. The zero-order chi connectivity index (χ0) is 10.3. The van der Waals surface area contributed by atoms with E-state index in [1.54, 1.807) is 0 Å². The van der Waals surface area contributed by atoms with Gasteiger partial charge in [0.15, 0.2) is 0 Å². The van der Waals surface area contributed by atoms with Gasteiger partial charge < -0.3 is 4.90 Å². The van der Waals surface area contributed by atoms with Crippen molar-refractivity contribution in [3.05, 3.63) is 12.2 Å². The molecule has 13 heavy (non-hydrogen) atoms. The van der Waals surface area contributed by atoms with E-state index in [0.29, 0.717) is 0 Å². The van der Waals surface area contributed by atoms with Gasteiger partial charge in [-0.2, -0.15) is 0 Å². The first-order valence-corrected chi connectivity index (χ1v) is 5.54. The highest BCUT2D eigenvalue weighted by Crippen LogP contribution is 2.14. The van der Waals surface area contributed by atoms with E-state index in [-0.39, 0.29) is 0 Å². The van der Waals surface area contributed by atoms with Crippen LogP contribution >= 0.6 is 0 Å². The highest BCUT2D eigenvalue weighted by Gasteiger charge is 2.13. The first-order valence-electron chi connectivity index (χ1n) is 5.54. The molecular weight excluding hydrogens is 158 g/mol. The minimum Gasteiger partial charge on any atom is -0.301 e.